The summed E-state index contributed by atoms with van der Waals surface area (Å²) in [5, 5.41) is 11.2. The quantitative estimate of drug-likeness (QED) is 0.866. The second kappa shape index (κ2) is 4.80. The van der Waals surface area contributed by atoms with Crippen LogP contribution in [-0.2, 0) is 4.74 Å². The van der Waals surface area contributed by atoms with Gasteiger partial charge in [-0.2, -0.15) is 0 Å². The Morgan fingerprint density at radius 3 is 3.25 bits per heavy atom. The Balaban J connectivity index is 2.13. The van der Waals surface area contributed by atoms with Crippen molar-refractivity contribution in [3.63, 3.8) is 0 Å². The summed E-state index contributed by atoms with van der Waals surface area (Å²) >= 11 is 1.38. The minimum atomic E-state index is -0.968. The molecule has 1 aromatic heterocycles. The van der Waals surface area contributed by atoms with Crippen LogP contribution in [0.25, 0.3) is 0 Å². The van der Waals surface area contributed by atoms with Gasteiger partial charge in [0.05, 0.1) is 12.6 Å². The maximum absolute atomic E-state index is 10.7. The standard InChI is InChI=1S/C10H14N2O3S/c1-15-5-7-3-2-4-12(7)10-11-8(6-16-10)9(13)14/h6-7H,2-5H2,1H3,(H,13,14)/t7-/m1/s1. The van der Waals surface area contributed by atoms with Crippen LogP contribution in [0.5, 0.6) is 0 Å². The van der Waals surface area contributed by atoms with Gasteiger partial charge in [0.1, 0.15) is 0 Å². The lowest BCUT2D eigenvalue weighted by molar-refractivity contribution is 0.0691. The zero-order valence-electron chi connectivity index (χ0n) is 9.05. The van der Waals surface area contributed by atoms with Gasteiger partial charge < -0.3 is 14.7 Å². The summed E-state index contributed by atoms with van der Waals surface area (Å²) in [7, 11) is 1.68. The van der Waals surface area contributed by atoms with Gasteiger partial charge >= 0.3 is 5.97 Å². The molecule has 1 atom stereocenters. The molecule has 1 fully saturated rings. The van der Waals surface area contributed by atoms with Crippen LogP contribution >= 0.6 is 11.3 Å². The van der Waals surface area contributed by atoms with Gasteiger partial charge in [0.25, 0.3) is 0 Å². The fourth-order valence-electron chi connectivity index (χ4n) is 1.95. The van der Waals surface area contributed by atoms with E-state index < -0.39 is 5.97 Å². The summed E-state index contributed by atoms with van der Waals surface area (Å²) in [5.41, 5.74) is 0.128. The molecule has 0 aliphatic carbocycles. The Morgan fingerprint density at radius 1 is 1.81 bits per heavy atom. The van der Waals surface area contributed by atoms with E-state index in [1.165, 1.54) is 11.3 Å². The minimum Gasteiger partial charge on any atom is -0.476 e. The van der Waals surface area contributed by atoms with Crippen LogP contribution in [0.2, 0.25) is 0 Å². The number of carboxylic acid groups (broad SMARTS) is 1. The van der Waals surface area contributed by atoms with Crippen molar-refractivity contribution in [3.8, 4) is 0 Å². The van der Waals surface area contributed by atoms with Gasteiger partial charge in [0.2, 0.25) is 0 Å². The van der Waals surface area contributed by atoms with Crippen molar-refractivity contribution in [2.24, 2.45) is 0 Å². The van der Waals surface area contributed by atoms with Crippen molar-refractivity contribution in [2.45, 2.75) is 18.9 Å². The Hall–Kier alpha value is -1.14. The molecule has 0 bridgehead atoms. The van der Waals surface area contributed by atoms with Crippen LogP contribution in [0.3, 0.4) is 0 Å². The fourth-order valence-corrected chi connectivity index (χ4v) is 2.84. The molecule has 0 aromatic carbocycles. The van der Waals surface area contributed by atoms with Crippen LogP contribution in [0.1, 0.15) is 23.3 Å². The molecular formula is C10H14N2O3S. The van der Waals surface area contributed by atoms with Crippen LogP contribution in [0.4, 0.5) is 5.13 Å². The first-order valence-electron chi connectivity index (χ1n) is 5.16. The molecule has 1 aliphatic rings. The number of ether oxygens (including phenoxy) is 1. The molecule has 2 heterocycles. The van der Waals surface area contributed by atoms with Crippen LogP contribution in [0, 0.1) is 0 Å². The van der Waals surface area contributed by atoms with Gasteiger partial charge in [-0.05, 0) is 12.8 Å². The number of anilines is 1. The first-order valence-corrected chi connectivity index (χ1v) is 6.04. The van der Waals surface area contributed by atoms with Crippen molar-refractivity contribution in [1.29, 1.82) is 0 Å². The van der Waals surface area contributed by atoms with Crippen molar-refractivity contribution in [1.82, 2.24) is 4.98 Å². The Morgan fingerprint density at radius 2 is 2.62 bits per heavy atom. The third kappa shape index (κ3) is 2.17. The normalized spacial score (nSPS) is 20.3. The van der Waals surface area contributed by atoms with Crippen molar-refractivity contribution < 1.29 is 14.6 Å². The number of carbonyl (C=O) groups is 1. The molecule has 1 aromatic rings. The molecule has 0 unspecified atom stereocenters. The lowest BCUT2D eigenvalue weighted by Crippen LogP contribution is -2.32. The van der Waals surface area contributed by atoms with Gasteiger partial charge in [-0.1, -0.05) is 0 Å². The van der Waals surface area contributed by atoms with E-state index in [2.05, 4.69) is 9.88 Å². The van der Waals surface area contributed by atoms with E-state index in [0.29, 0.717) is 12.6 Å². The van der Waals surface area contributed by atoms with Crippen LogP contribution in [0.15, 0.2) is 5.38 Å². The number of hydrogen-bond acceptors (Lipinski definition) is 5. The molecule has 6 heteroatoms. The summed E-state index contributed by atoms with van der Waals surface area (Å²) in [6.45, 7) is 1.60. The molecule has 2 rings (SSSR count). The van der Waals surface area contributed by atoms with Gasteiger partial charge in [-0.3, -0.25) is 0 Å². The second-order valence-electron chi connectivity index (χ2n) is 3.77. The number of thiazole rings is 1. The van der Waals surface area contributed by atoms with Crippen molar-refractivity contribution in [2.75, 3.05) is 25.2 Å². The maximum Gasteiger partial charge on any atom is 0.355 e. The minimum absolute atomic E-state index is 0.128. The third-order valence-corrected chi connectivity index (χ3v) is 3.57. The number of rotatable bonds is 4. The van der Waals surface area contributed by atoms with Crippen LogP contribution < -0.4 is 4.90 Å². The van der Waals surface area contributed by atoms with Crippen LogP contribution in [-0.4, -0.2) is 42.4 Å². The highest BCUT2D eigenvalue weighted by atomic mass is 32.1. The number of aromatic nitrogens is 1. The lowest BCUT2D eigenvalue weighted by atomic mass is 10.2. The predicted octanol–water partition coefficient (Wildman–Crippen LogP) is 1.46. The molecule has 88 valence electrons. The molecule has 1 N–H and O–H groups in total. The molecule has 0 amide bonds. The summed E-state index contributed by atoms with van der Waals surface area (Å²) in [6, 6.07) is 0.331. The lowest BCUT2D eigenvalue weighted by Gasteiger charge is -2.22. The first kappa shape index (κ1) is 11.3. The average Bonchev–Trinajstić information content (AvgIpc) is 2.84. The van der Waals surface area contributed by atoms with Crippen molar-refractivity contribution in [3.05, 3.63) is 11.1 Å². The summed E-state index contributed by atoms with van der Waals surface area (Å²) < 4.78 is 5.15. The molecule has 0 saturated carbocycles. The fraction of sp³-hybridized carbons (Fsp3) is 0.600. The van der Waals surface area contributed by atoms with Gasteiger partial charge in [0, 0.05) is 19.0 Å². The van der Waals surface area contributed by atoms with E-state index in [0.717, 1.165) is 24.5 Å². The zero-order valence-corrected chi connectivity index (χ0v) is 9.87. The smallest absolute Gasteiger partial charge is 0.355 e. The van der Waals surface area contributed by atoms with E-state index in [-0.39, 0.29) is 5.69 Å². The van der Waals surface area contributed by atoms with E-state index in [4.69, 9.17) is 9.84 Å². The van der Waals surface area contributed by atoms with Gasteiger partial charge in [0.15, 0.2) is 10.8 Å². The first-order chi connectivity index (χ1) is 7.72. The summed E-state index contributed by atoms with van der Waals surface area (Å²) in [6.07, 6.45) is 2.19. The summed E-state index contributed by atoms with van der Waals surface area (Å²) in [4.78, 5) is 17.0. The number of methoxy groups -OCH3 is 1. The molecule has 0 radical (unpaired) electrons. The molecule has 1 saturated heterocycles. The maximum atomic E-state index is 10.7. The highest BCUT2D eigenvalue weighted by molar-refractivity contribution is 7.13. The van der Waals surface area contributed by atoms with E-state index >= 15 is 0 Å². The Labute approximate surface area is 97.7 Å². The molecule has 5 nitrogen and oxygen atoms in total. The Bertz CT molecular complexity index is 380. The van der Waals surface area contributed by atoms with Gasteiger partial charge in [-0.15, -0.1) is 11.3 Å². The highest BCUT2D eigenvalue weighted by Crippen LogP contribution is 2.28. The number of nitrogens with zero attached hydrogens (tertiary/aromatic N) is 2. The van der Waals surface area contributed by atoms with E-state index in [1.54, 1.807) is 12.5 Å². The average molecular weight is 242 g/mol. The van der Waals surface area contributed by atoms with Crippen molar-refractivity contribution >= 4 is 22.4 Å². The molecule has 16 heavy (non-hydrogen) atoms. The molecule has 1 aliphatic heterocycles. The topological polar surface area (TPSA) is 62.7 Å². The third-order valence-electron chi connectivity index (χ3n) is 2.69. The predicted molar refractivity (Wildman–Crippen MR) is 61.3 cm³/mol. The van der Waals surface area contributed by atoms with E-state index in [1.807, 2.05) is 0 Å². The number of carboxylic acids is 1. The summed E-state index contributed by atoms with van der Waals surface area (Å²) in [5.74, 6) is -0.968. The highest BCUT2D eigenvalue weighted by Gasteiger charge is 2.27. The number of aromatic carboxylic acids is 1. The van der Waals surface area contributed by atoms with E-state index in [9.17, 15) is 4.79 Å². The monoisotopic (exact) mass is 242 g/mol. The second-order valence-corrected chi connectivity index (χ2v) is 4.60. The zero-order chi connectivity index (χ0) is 11.5. The largest absolute Gasteiger partial charge is 0.476 e. The SMILES string of the molecule is COC[C@H]1CCCN1c1nc(C(=O)O)cs1. The number of hydrogen-bond donors (Lipinski definition) is 1. The molecule has 0 spiro atoms. The van der Waals surface area contributed by atoms with Gasteiger partial charge in [-0.25, -0.2) is 9.78 Å². The Kier molecular flexibility index (Phi) is 3.40. The molecular weight excluding hydrogens is 228 g/mol.